The molecule has 6 nitrogen and oxygen atoms in total. The minimum atomic E-state index is 0.120. The van der Waals surface area contributed by atoms with Gasteiger partial charge in [0.15, 0.2) is 4.34 Å². The second-order valence-corrected chi connectivity index (χ2v) is 7.71. The maximum absolute atomic E-state index is 12.3. The number of amides is 1. The number of hydrogen-bond acceptors (Lipinski definition) is 7. The summed E-state index contributed by atoms with van der Waals surface area (Å²) in [6, 6.07) is 7.80. The summed E-state index contributed by atoms with van der Waals surface area (Å²) in [4.78, 5) is 16.4. The predicted octanol–water partition coefficient (Wildman–Crippen LogP) is 2.21. The highest BCUT2D eigenvalue weighted by atomic mass is 35.5. The van der Waals surface area contributed by atoms with Crippen molar-refractivity contribution in [2.75, 3.05) is 42.6 Å². The molecule has 0 radical (unpaired) electrons. The number of benzene rings is 1. The van der Waals surface area contributed by atoms with Gasteiger partial charge in [-0.3, -0.25) is 4.79 Å². The lowest BCUT2D eigenvalue weighted by Gasteiger charge is -2.36. The van der Waals surface area contributed by atoms with Crippen molar-refractivity contribution >= 4 is 51.4 Å². The summed E-state index contributed by atoms with van der Waals surface area (Å²) in [7, 11) is 0. The summed E-state index contributed by atoms with van der Waals surface area (Å²) in [6.45, 7) is 3.04. The van der Waals surface area contributed by atoms with Gasteiger partial charge in [-0.2, -0.15) is 0 Å². The van der Waals surface area contributed by atoms with E-state index in [9.17, 15) is 4.79 Å². The van der Waals surface area contributed by atoms with Gasteiger partial charge in [0.25, 0.3) is 0 Å². The van der Waals surface area contributed by atoms with Crippen molar-refractivity contribution in [1.29, 1.82) is 0 Å². The number of thioether (sulfide) groups is 1. The lowest BCUT2D eigenvalue weighted by Crippen LogP contribution is -2.49. The Morgan fingerprint density at radius 2 is 2.09 bits per heavy atom. The molecule has 3 rings (SSSR count). The fraction of sp³-hybridized carbons (Fsp3) is 0.357. The van der Waals surface area contributed by atoms with E-state index in [2.05, 4.69) is 15.1 Å². The Bertz CT molecular complexity index is 687. The highest BCUT2D eigenvalue weighted by Crippen LogP contribution is 2.24. The molecule has 1 aromatic heterocycles. The summed E-state index contributed by atoms with van der Waals surface area (Å²) in [5.74, 6) is 0.487. The van der Waals surface area contributed by atoms with Crippen LogP contribution in [0.25, 0.3) is 0 Å². The Balaban J connectivity index is 1.49. The average Bonchev–Trinajstić information content (AvgIpc) is 2.98. The lowest BCUT2D eigenvalue weighted by molar-refractivity contribution is -0.128. The Labute approximate surface area is 147 Å². The number of anilines is 2. The molecule has 1 aromatic carbocycles. The summed E-state index contributed by atoms with van der Waals surface area (Å²) >= 11 is 8.72. The molecule has 9 heteroatoms. The Morgan fingerprint density at radius 1 is 1.30 bits per heavy atom. The van der Waals surface area contributed by atoms with Crippen molar-refractivity contribution in [3.05, 3.63) is 29.3 Å². The quantitative estimate of drug-likeness (QED) is 0.833. The monoisotopic (exact) mass is 369 g/mol. The van der Waals surface area contributed by atoms with Gasteiger partial charge in [0.05, 0.1) is 5.75 Å². The third-order valence-corrected chi connectivity index (χ3v) is 5.65. The smallest absolute Gasteiger partial charge is 0.233 e. The molecule has 0 saturated carbocycles. The molecular formula is C14H16ClN5OS2. The topological polar surface area (TPSA) is 75.3 Å². The number of aromatic nitrogens is 2. The van der Waals surface area contributed by atoms with Crippen molar-refractivity contribution in [2.45, 2.75) is 4.34 Å². The maximum Gasteiger partial charge on any atom is 0.233 e. The van der Waals surface area contributed by atoms with Crippen LogP contribution < -0.4 is 10.6 Å². The predicted molar refractivity (Wildman–Crippen MR) is 95.3 cm³/mol. The van der Waals surface area contributed by atoms with Gasteiger partial charge in [-0.05, 0) is 18.2 Å². The number of piperazine rings is 1. The van der Waals surface area contributed by atoms with E-state index in [1.54, 1.807) is 0 Å². The Hall–Kier alpha value is -1.51. The van der Waals surface area contributed by atoms with Gasteiger partial charge in [-0.15, -0.1) is 10.2 Å². The van der Waals surface area contributed by atoms with Gasteiger partial charge in [-0.25, -0.2) is 0 Å². The van der Waals surface area contributed by atoms with Crippen molar-refractivity contribution in [2.24, 2.45) is 0 Å². The number of hydrogen-bond donors (Lipinski definition) is 1. The molecule has 0 bridgehead atoms. The van der Waals surface area contributed by atoms with Crippen molar-refractivity contribution < 1.29 is 4.79 Å². The van der Waals surface area contributed by atoms with Gasteiger partial charge >= 0.3 is 0 Å². The number of nitrogen functional groups attached to an aromatic ring is 1. The lowest BCUT2D eigenvalue weighted by atomic mass is 10.2. The first-order valence-corrected chi connectivity index (χ1v) is 9.30. The molecule has 0 aliphatic carbocycles. The van der Waals surface area contributed by atoms with Crippen molar-refractivity contribution in [1.82, 2.24) is 15.1 Å². The third kappa shape index (κ3) is 4.27. The third-order valence-electron chi connectivity index (χ3n) is 3.55. The van der Waals surface area contributed by atoms with E-state index in [0.29, 0.717) is 24.0 Å². The zero-order valence-corrected chi connectivity index (χ0v) is 14.7. The van der Waals surface area contributed by atoms with E-state index in [1.807, 2.05) is 29.2 Å². The SMILES string of the molecule is Nc1nnc(SCC(=O)N2CCN(c3cccc(Cl)c3)CC2)s1. The van der Waals surface area contributed by atoms with Gasteiger partial charge in [-0.1, -0.05) is 40.8 Å². The van der Waals surface area contributed by atoms with Gasteiger partial charge in [0, 0.05) is 36.9 Å². The largest absolute Gasteiger partial charge is 0.374 e. The normalized spacial score (nSPS) is 15.0. The molecule has 2 heterocycles. The first kappa shape index (κ1) is 16.4. The second-order valence-electron chi connectivity index (χ2n) is 5.04. The molecule has 1 aliphatic heterocycles. The molecule has 1 aliphatic rings. The molecule has 2 aromatic rings. The number of carbonyl (C=O) groups excluding carboxylic acids is 1. The number of nitrogens with zero attached hydrogens (tertiary/aromatic N) is 4. The maximum atomic E-state index is 12.3. The van der Waals surface area contributed by atoms with Crippen LogP contribution in [0, 0.1) is 0 Å². The van der Waals surface area contributed by atoms with E-state index in [1.165, 1.54) is 23.1 Å². The fourth-order valence-electron chi connectivity index (χ4n) is 2.38. The van der Waals surface area contributed by atoms with Crippen LogP contribution in [-0.4, -0.2) is 52.9 Å². The number of halogens is 1. The molecule has 0 spiro atoms. The average molecular weight is 370 g/mol. The van der Waals surface area contributed by atoms with E-state index < -0.39 is 0 Å². The van der Waals surface area contributed by atoms with E-state index in [-0.39, 0.29) is 5.91 Å². The zero-order chi connectivity index (χ0) is 16.2. The Kier molecular flexibility index (Phi) is 5.24. The van der Waals surface area contributed by atoms with E-state index in [4.69, 9.17) is 17.3 Å². The van der Waals surface area contributed by atoms with Crippen LogP contribution in [0.3, 0.4) is 0 Å². The fourth-order valence-corrected chi connectivity index (χ4v) is 4.10. The molecule has 23 heavy (non-hydrogen) atoms. The molecule has 122 valence electrons. The highest BCUT2D eigenvalue weighted by Gasteiger charge is 2.21. The summed E-state index contributed by atoms with van der Waals surface area (Å²) in [5, 5.41) is 8.80. The molecule has 2 N–H and O–H groups in total. The zero-order valence-electron chi connectivity index (χ0n) is 12.3. The molecule has 0 atom stereocenters. The van der Waals surface area contributed by atoms with Crippen molar-refractivity contribution in [3.8, 4) is 0 Å². The van der Waals surface area contributed by atoms with Gasteiger partial charge in [0.1, 0.15) is 0 Å². The van der Waals surface area contributed by atoms with Crippen LogP contribution in [0.1, 0.15) is 0 Å². The van der Waals surface area contributed by atoms with Gasteiger partial charge < -0.3 is 15.5 Å². The minimum Gasteiger partial charge on any atom is -0.374 e. The molecule has 1 saturated heterocycles. The van der Waals surface area contributed by atoms with Crippen molar-refractivity contribution in [3.63, 3.8) is 0 Å². The first-order chi connectivity index (χ1) is 11.1. The number of rotatable bonds is 4. The molecule has 1 fully saturated rings. The standard InChI is InChI=1S/C14H16ClN5OS2/c15-10-2-1-3-11(8-10)19-4-6-20(7-5-19)12(21)9-22-14-18-17-13(16)23-14/h1-3,8H,4-7,9H2,(H2,16,17). The molecular weight excluding hydrogens is 354 g/mol. The van der Waals surface area contributed by atoms with Gasteiger partial charge in [0.2, 0.25) is 11.0 Å². The van der Waals surface area contributed by atoms with Crippen LogP contribution in [0.5, 0.6) is 0 Å². The van der Waals surface area contributed by atoms with Crippen LogP contribution in [0.2, 0.25) is 5.02 Å². The minimum absolute atomic E-state index is 0.120. The summed E-state index contributed by atoms with van der Waals surface area (Å²) < 4.78 is 0.730. The molecule has 1 amide bonds. The van der Waals surface area contributed by atoms with Crippen LogP contribution in [-0.2, 0) is 4.79 Å². The van der Waals surface area contributed by atoms with Crippen LogP contribution >= 0.6 is 34.7 Å². The molecule has 0 unspecified atom stereocenters. The van der Waals surface area contributed by atoms with E-state index >= 15 is 0 Å². The Morgan fingerprint density at radius 3 is 2.74 bits per heavy atom. The number of nitrogens with two attached hydrogens (primary N) is 1. The van der Waals surface area contributed by atoms with Crippen LogP contribution in [0.4, 0.5) is 10.8 Å². The highest BCUT2D eigenvalue weighted by molar-refractivity contribution is 8.01. The summed E-state index contributed by atoms with van der Waals surface area (Å²) in [6.07, 6.45) is 0. The summed E-state index contributed by atoms with van der Waals surface area (Å²) in [5.41, 5.74) is 6.63. The van der Waals surface area contributed by atoms with Crippen LogP contribution in [0.15, 0.2) is 28.6 Å². The number of carbonyl (C=O) groups is 1. The second kappa shape index (κ2) is 7.37. The van der Waals surface area contributed by atoms with E-state index in [0.717, 1.165) is 28.1 Å². The first-order valence-electron chi connectivity index (χ1n) is 7.12.